The molecule has 1 aliphatic heterocycles. The van der Waals surface area contributed by atoms with Gasteiger partial charge in [0.05, 0.1) is 19.8 Å². The van der Waals surface area contributed by atoms with Crippen LogP contribution in [0.25, 0.3) is 0 Å². The number of carbonyl (C=O) groups is 1. The maximum Gasteiger partial charge on any atom is 0.397 e. The number of carbonyl (C=O) groups excluding carboxylic acids is 1. The van der Waals surface area contributed by atoms with Gasteiger partial charge in [-0.15, -0.1) is 0 Å². The number of rotatable bonds is 43. The molecule has 4 N–H and O–H groups in total. The number of hydrogen-bond donors (Lipinski definition) is 4. The monoisotopic (exact) mass is 927 g/mol. The molecule has 6 atom stereocenters. The summed E-state index contributed by atoms with van der Waals surface area (Å²) in [5.41, 5.74) is 0. The Balaban J connectivity index is 2.40. The molecule has 0 spiro atoms. The fraction of sp³-hybridized carbons (Fsp3) is 0.784. The first-order valence-electron chi connectivity index (χ1n) is 25.0. The second-order valence-electron chi connectivity index (χ2n) is 17.0. The van der Waals surface area contributed by atoms with Crippen LogP contribution in [0.1, 0.15) is 194 Å². The van der Waals surface area contributed by atoms with Crippen LogP contribution in [0.5, 0.6) is 0 Å². The summed E-state index contributed by atoms with van der Waals surface area (Å²) >= 11 is 0. The van der Waals surface area contributed by atoms with Crippen molar-refractivity contribution in [3.05, 3.63) is 60.8 Å². The molecule has 0 radical (unpaired) electrons. The molecule has 0 aromatic rings. The molecule has 64 heavy (non-hydrogen) atoms. The summed E-state index contributed by atoms with van der Waals surface area (Å²) in [5, 5.41) is 30.7. The largest absolute Gasteiger partial charge is 0.457 e. The molecule has 1 saturated heterocycles. The average Bonchev–Trinajstić information content (AvgIpc) is 3.27. The minimum atomic E-state index is -5.07. The Morgan fingerprint density at radius 3 is 1.59 bits per heavy atom. The Bertz CT molecular complexity index is 1350. The van der Waals surface area contributed by atoms with E-state index >= 15 is 0 Å². The van der Waals surface area contributed by atoms with E-state index in [2.05, 4.69) is 78.8 Å². The Morgan fingerprint density at radius 1 is 0.609 bits per heavy atom. The number of esters is 1. The van der Waals surface area contributed by atoms with Gasteiger partial charge in [-0.2, -0.15) is 8.42 Å². The Kier molecular flexibility index (Phi) is 39.4. The van der Waals surface area contributed by atoms with Crippen molar-refractivity contribution < 1.29 is 56.2 Å². The Labute approximate surface area is 388 Å². The van der Waals surface area contributed by atoms with E-state index in [9.17, 15) is 33.1 Å². The van der Waals surface area contributed by atoms with E-state index in [1.165, 1.54) is 83.5 Å². The first kappa shape index (κ1) is 59.8. The number of aliphatic hydroxyl groups is 3. The van der Waals surface area contributed by atoms with E-state index in [1.807, 2.05) is 0 Å². The first-order chi connectivity index (χ1) is 31.1. The molecule has 1 fully saturated rings. The lowest BCUT2D eigenvalue weighted by Gasteiger charge is -2.41. The number of allylic oxidation sites excluding steroid dienone is 10. The summed E-state index contributed by atoms with van der Waals surface area (Å²) in [4.78, 5) is 12.9. The maximum atomic E-state index is 12.9. The molecule has 1 aliphatic rings. The molecule has 13 heteroatoms. The minimum absolute atomic E-state index is 0.0207. The van der Waals surface area contributed by atoms with Crippen molar-refractivity contribution in [1.82, 2.24) is 0 Å². The van der Waals surface area contributed by atoms with Crippen molar-refractivity contribution in [3.8, 4) is 0 Å². The molecule has 0 aliphatic carbocycles. The molecule has 0 amide bonds. The summed E-state index contributed by atoms with van der Waals surface area (Å²) in [6, 6.07) is 0. The van der Waals surface area contributed by atoms with Crippen LogP contribution in [0.15, 0.2) is 60.8 Å². The molecule has 0 aromatic heterocycles. The molecule has 1 heterocycles. The molecule has 0 bridgehead atoms. The third kappa shape index (κ3) is 35.1. The van der Waals surface area contributed by atoms with Crippen LogP contribution in [-0.2, 0) is 38.3 Å². The Hall–Kier alpha value is -2.20. The van der Waals surface area contributed by atoms with E-state index in [-0.39, 0.29) is 19.6 Å². The van der Waals surface area contributed by atoms with Crippen LogP contribution >= 0.6 is 0 Å². The van der Waals surface area contributed by atoms with Crippen LogP contribution < -0.4 is 0 Å². The van der Waals surface area contributed by atoms with Crippen molar-refractivity contribution in [2.45, 2.75) is 230 Å². The van der Waals surface area contributed by atoms with Crippen molar-refractivity contribution >= 4 is 16.4 Å². The zero-order chi connectivity index (χ0) is 46.8. The smallest absolute Gasteiger partial charge is 0.397 e. The van der Waals surface area contributed by atoms with E-state index in [0.29, 0.717) is 13.0 Å². The van der Waals surface area contributed by atoms with Crippen LogP contribution in [0, 0.1) is 0 Å². The van der Waals surface area contributed by atoms with Crippen LogP contribution in [-0.4, -0.2) is 97.5 Å². The van der Waals surface area contributed by atoms with Crippen molar-refractivity contribution in [1.29, 1.82) is 0 Å². The third-order valence-electron chi connectivity index (χ3n) is 11.1. The minimum Gasteiger partial charge on any atom is -0.457 e. The summed E-state index contributed by atoms with van der Waals surface area (Å²) in [6.45, 7) is 3.83. The molecule has 0 aromatic carbocycles. The SMILES string of the molecule is CC/C=C\C/C=C\C/C=C\C/C=C\CCCCCCCOCC(COC1OC(CO)C(O)C(OS(=O)(=O)O)C1O)OC(=O)CCCCCCCCCCC/C=C\CCCCCCCC. The maximum absolute atomic E-state index is 12.9. The number of aliphatic hydroxyl groups excluding tert-OH is 3. The number of hydrogen-bond acceptors (Lipinski definition) is 11. The lowest BCUT2D eigenvalue weighted by atomic mass is 9.99. The van der Waals surface area contributed by atoms with Gasteiger partial charge in [-0.25, -0.2) is 4.18 Å². The van der Waals surface area contributed by atoms with Crippen LogP contribution in [0.2, 0.25) is 0 Å². The number of ether oxygens (including phenoxy) is 4. The van der Waals surface area contributed by atoms with Gasteiger partial charge in [0.1, 0.15) is 30.5 Å². The van der Waals surface area contributed by atoms with Crippen molar-refractivity contribution in [3.63, 3.8) is 0 Å². The highest BCUT2D eigenvalue weighted by atomic mass is 32.3. The standard InChI is InChI=1S/C51H90O12S/c1-3-5-7-9-11-13-15-17-19-21-23-24-26-28-30-32-34-36-38-40-47(53)61-45(44-60-51-49(55)50(63-64(56,57)58)48(54)46(42-52)62-51)43-59-41-39-37-35-33-31-29-27-25-22-20-18-16-14-12-10-8-6-4-2/h6,8,12,14,17-20,25,27,45-46,48-52,54-55H,3-5,7,9-11,13,15-16,21-24,26,28-44H2,1-2H3,(H,56,57,58)/b8-6-,14-12-,19-17-,20-18-,27-25-. The zero-order valence-corrected chi connectivity index (χ0v) is 40.6. The van der Waals surface area contributed by atoms with E-state index in [4.69, 9.17) is 18.9 Å². The normalized spacial score (nSPS) is 20.2. The first-order valence-corrected chi connectivity index (χ1v) is 26.4. The van der Waals surface area contributed by atoms with Gasteiger partial charge in [0.25, 0.3) is 0 Å². The second-order valence-corrected chi connectivity index (χ2v) is 18.1. The molecule has 372 valence electrons. The second kappa shape index (κ2) is 42.2. The van der Waals surface area contributed by atoms with E-state index < -0.39 is 59.8 Å². The average molecular weight is 927 g/mol. The topological polar surface area (TPSA) is 178 Å². The lowest BCUT2D eigenvalue weighted by Crippen LogP contribution is -2.60. The molecule has 1 rings (SSSR count). The highest BCUT2D eigenvalue weighted by molar-refractivity contribution is 7.80. The summed E-state index contributed by atoms with van der Waals surface area (Å²) in [5.74, 6) is -0.409. The molecule has 12 nitrogen and oxygen atoms in total. The van der Waals surface area contributed by atoms with Gasteiger partial charge >= 0.3 is 16.4 Å². The van der Waals surface area contributed by atoms with Gasteiger partial charge in [0.15, 0.2) is 6.29 Å². The Morgan fingerprint density at radius 2 is 1.08 bits per heavy atom. The van der Waals surface area contributed by atoms with Gasteiger partial charge in [0.2, 0.25) is 0 Å². The zero-order valence-electron chi connectivity index (χ0n) is 39.8. The fourth-order valence-corrected chi connectivity index (χ4v) is 7.87. The highest BCUT2D eigenvalue weighted by Gasteiger charge is 2.48. The van der Waals surface area contributed by atoms with Crippen LogP contribution in [0.4, 0.5) is 0 Å². The predicted octanol–water partition coefficient (Wildman–Crippen LogP) is 11.3. The van der Waals surface area contributed by atoms with Gasteiger partial charge in [-0.3, -0.25) is 9.35 Å². The molecular weight excluding hydrogens is 837 g/mol. The van der Waals surface area contributed by atoms with Gasteiger partial charge in [-0.05, 0) is 77.0 Å². The van der Waals surface area contributed by atoms with E-state index in [0.717, 1.165) is 83.5 Å². The van der Waals surface area contributed by atoms with Crippen molar-refractivity contribution in [2.75, 3.05) is 26.4 Å². The highest BCUT2D eigenvalue weighted by Crippen LogP contribution is 2.26. The lowest BCUT2D eigenvalue weighted by molar-refractivity contribution is -0.301. The molecule has 0 saturated carbocycles. The van der Waals surface area contributed by atoms with Gasteiger partial charge in [0, 0.05) is 13.0 Å². The molecule has 6 unspecified atom stereocenters. The van der Waals surface area contributed by atoms with E-state index in [1.54, 1.807) is 0 Å². The fourth-order valence-electron chi connectivity index (χ4n) is 7.36. The summed E-state index contributed by atoms with van der Waals surface area (Å²) in [7, 11) is -5.07. The third-order valence-corrected chi connectivity index (χ3v) is 11.6. The van der Waals surface area contributed by atoms with Crippen molar-refractivity contribution in [2.24, 2.45) is 0 Å². The predicted molar refractivity (Wildman–Crippen MR) is 257 cm³/mol. The molecular formula is C51H90O12S. The van der Waals surface area contributed by atoms with Gasteiger partial charge < -0.3 is 34.3 Å². The number of unbranched alkanes of at least 4 members (excludes halogenated alkanes) is 20. The van der Waals surface area contributed by atoms with Gasteiger partial charge in [-0.1, -0.05) is 171 Å². The summed E-state index contributed by atoms with van der Waals surface area (Å²) < 4.78 is 59.2. The van der Waals surface area contributed by atoms with Crippen LogP contribution in [0.3, 0.4) is 0 Å². The quantitative estimate of drug-likeness (QED) is 0.0197. The summed E-state index contributed by atoms with van der Waals surface area (Å²) in [6.07, 6.45) is 43.9.